The maximum atomic E-state index is 10.6. The predicted octanol–water partition coefficient (Wildman–Crippen LogP) is 2.27. The maximum absolute atomic E-state index is 10.6. The SMILES string of the molecule is CC(CCOC(C)(C)C)CC(CN)CC(=O)O. The van der Waals surface area contributed by atoms with Crippen LogP contribution in [-0.4, -0.2) is 29.8 Å². The lowest BCUT2D eigenvalue weighted by Gasteiger charge is -2.22. The van der Waals surface area contributed by atoms with E-state index in [2.05, 4.69) is 6.92 Å². The van der Waals surface area contributed by atoms with E-state index in [1.54, 1.807) is 0 Å². The highest BCUT2D eigenvalue weighted by molar-refractivity contribution is 5.67. The van der Waals surface area contributed by atoms with Crippen molar-refractivity contribution in [1.82, 2.24) is 0 Å². The van der Waals surface area contributed by atoms with E-state index in [4.69, 9.17) is 15.6 Å². The van der Waals surface area contributed by atoms with Gasteiger partial charge in [0.25, 0.3) is 0 Å². The molecular formula is C13H27NO3. The summed E-state index contributed by atoms with van der Waals surface area (Å²) in [4.78, 5) is 10.6. The minimum Gasteiger partial charge on any atom is -0.481 e. The average Bonchev–Trinajstić information content (AvgIpc) is 2.13. The van der Waals surface area contributed by atoms with Gasteiger partial charge in [-0.3, -0.25) is 4.79 Å². The molecule has 0 aromatic carbocycles. The van der Waals surface area contributed by atoms with Gasteiger partial charge in [-0.2, -0.15) is 0 Å². The van der Waals surface area contributed by atoms with E-state index >= 15 is 0 Å². The van der Waals surface area contributed by atoms with Gasteiger partial charge in [0.15, 0.2) is 0 Å². The van der Waals surface area contributed by atoms with Gasteiger partial charge in [0, 0.05) is 13.0 Å². The third-order valence-corrected chi connectivity index (χ3v) is 2.68. The number of carbonyl (C=O) groups is 1. The van der Waals surface area contributed by atoms with Crippen LogP contribution in [0, 0.1) is 11.8 Å². The first-order valence-corrected chi connectivity index (χ1v) is 6.30. The van der Waals surface area contributed by atoms with Gasteiger partial charge < -0.3 is 15.6 Å². The number of carboxylic acids is 1. The van der Waals surface area contributed by atoms with Crippen molar-refractivity contribution < 1.29 is 14.6 Å². The standard InChI is InChI=1S/C13H27NO3/c1-10(5-6-17-13(2,3)4)7-11(9-14)8-12(15)16/h10-11H,5-9,14H2,1-4H3,(H,15,16). The van der Waals surface area contributed by atoms with Crippen molar-refractivity contribution in [2.75, 3.05) is 13.2 Å². The molecule has 0 rings (SSSR count). The molecule has 0 aliphatic heterocycles. The van der Waals surface area contributed by atoms with Crippen molar-refractivity contribution >= 4 is 5.97 Å². The van der Waals surface area contributed by atoms with Crippen molar-refractivity contribution in [1.29, 1.82) is 0 Å². The Morgan fingerprint density at radius 2 is 2.00 bits per heavy atom. The summed E-state index contributed by atoms with van der Waals surface area (Å²) in [5.41, 5.74) is 5.47. The van der Waals surface area contributed by atoms with E-state index in [9.17, 15) is 4.79 Å². The Morgan fingerprint density at radius 3 is 2.41 bits per heavy atom. The summed E-state index contributed by atoms with van der Waals surface area (Å²) in [6, 6.07) is 0. The highest BCUT2D eigenvalue weighted by atomic mass is 16.5. The summed E-state index contributed by atoms with van der Waals surface area (Å²) in [6.45, 7) is 9.38. The summed E-state index contributed by atoms with van der Waals surface area (Å²) in [7, 11) is 0. The topological polar surface area (TPSA) is 72.5 Å². The van der Waals surface area contributed by atoms with Gasteiger partial charge in [0.2, 0.25) is 0 Å². The molecule has 2 atom stereocenters. The van der Waals surface area contributed by atoms with E-state index in [-0.39, 0.29) is 17.9 Å². The molecule has 0 saturated carbocycles. The normalized spacial score (nSPS) is 15.6. The Labute approximate surface area is 105 Å². The molecule has 0 fully saturated rings. The molecule has 0 aromatic heterocycles. The lowest BCUT2D eigenvalue weighted by molar-refractivity contribution is -0.138. The summed E-state index contributed by atoms with van der Waals surface area (Å²) in [6.07, 6.45) is 1.98. The fraction of sp³-hybridized carbons (Fsp3) is 0.923. The molecule has 4 heteroatoms. The molecule has 0 aromatic rings. The number of ether oxygens (including phenoxy) is 1. The molecule has 17 heavy (non-hydrogen) atoms. The molecule has 0 aliphatic rings. The fourth-order valence-electron chi connectivity index (χ4n) is 1.76. The Kier molecular flexibility index (Phi) is 7.39. The Bertz CT molecular complexity index is 223. The van der Waals surface area contributed by atoms with Gasteiger partial charge in [-0.05, 0) is 52.0 Å². The molecule has 2 unspecified atom stereocenters. The van der Waals surface area contributed by atoms with Gasteiger partial charge in [0.1, 0.15) is 0 Å². The number of hydrogen-bond donors (Lipinski definition) is 2. The molecule has 4 nitrogen and oxygen atoms in total. The van der Waals surface area contributed by atoms with Gasteiger partial charge in [0.05, 0.1) is 5.60 Å². The number of nitrogens with two attached hydrogens (primary N) is 1. The Balaban J connectivity index is 3.82. The van der Waals surface area contributed by atoms with E-state index in [0.717, 1.165) is 19.4 Å². The van der Waals surface area contributed by atoms with Gasteiger partial charge in [-0.25, -0.2) is 0 Å². The Hall–Kier alpha value is -0.610. The van der Waals surface area contributed by atoms with Crippen molar-refractivity contribution in [2.24, 2.45) is 17.6 Å². The van der Waals surface area contributed by atoms with Crippen LogP contribution < -0.4 is 5.73 Å². The number of carboxylic acid groups (broad SMARTS) is 1. The van der Waals surface area contributed by atoms with Crippen LogP contribution in [0.25, 0.3) is 0 Å². The second-order valence-electron chi connectivity index (χ2n) is 5.79. The number of aliphatic carboxylic acids is 1. The second-order valence-corrected chi connectivity index (χ2v) is 5.79. The van der Waals surface area contributed by atoms with Crippen molar-refractivity contribution in [3.63, 3.8) is 0 Å². The number of rotatable bonds is 8. The van der Waals surface area contributed by atoms with Gasteiger partial charge in [-0.15, -0.1) is 0 Å². The van der Waals surface area contributed by atoms with Gasteiger partial charge in [-0.1, -0.05) is 6.92 Å². The molecule has 0 aliphatic carbocycles. The molecule has 3 N–H and O–H groups in total. The van der Waals surface area contributed by atoms with E-state index in [1.165, 1.54) is 0 Å². The molecule has 0 radical (unpaired) electrons. The van der Waals surface area contributed by atoms with Crippen molar-refractivity contribution in [2.45, 2.75) is 52.6 Å². The smallest absolute Gasteiger partial charge is 0.303 e. The first-order valence-electron chi connectivity index (χ1n) is 6.30. The van der Waals surface area contributed by atoms with Gasteiger partial charge >= 0.3 is 5.97 Å². The highest BCUT2D eigenvalue weighted by Crippen LogP contribution is 2.19. The zero-order valence-corrected chi connectivity index (χ0v) is 11.5. The van der Waals surface area contributed by atoms with Crippen LogP contribution in [0.3, 0.4) is 0 Å². The fourth-order valence-corrected chi connectivity index (χ4v) is 1.76. The monoisotopic (exact) mass is 245 g/mol. The lowest BCUT2D eigenvalue weighted by atomic mass is 9.91. The lowest BCUT2D eigenvalue weighted by Crippen LogP contribution is -2.23. The van der Waals surface area contributed by atoms with Crippen molar-refractivity contribution in [3.05, 3.63) is 0 Å². The number of hydrogen-bond acceptors (Lipinski definition) is 3. The summed E-state index contributed by atoms with van der Waals surface area (Å²) >= 11 is 0. The highest BCUT2D eigenvalue weighted by Gasteiger charge is 2.16. The molecule has 0 spiro atoms. The molecule has 0 amide bonds. The molecule has 0 saturated heterocycles. The minimum absolute atomic E-state index is 0.0807. The zero-order valence-electron chi connectivity index (χ0n) is 11.5. The van der Waals surface area contributed by atoms with E-state index in [1.807, 2.05) is 20.8 Å². The van der Waals surface area contributed by atoms with Crippen molar-refractivity contribution in [3.8, 4) is 0 Å². The maximum Gasteiger partial charge on any atom is 0.303 e. The average molecular weight is 245 g/mol. The largest absolute Gasteiger partial charge is 0.481 e. The molecule has 102 valence electrons. The summed E-state index contributed by atoms with van der Waals surface area (Å²) in [5.74, 6) is -0.235. The van der Waals surface area contributed by atoms with Crippen LogP contribution in [0.5, 0.6) is 0 Å². The van der Waals surface area contributed by atoms with E-state index in [0.29, 0.717) is 12.5 Å². The predicted molar refractivity (Wildman–Crippen MR) is 68.9 cm³/mol. The zero-order chi connectivity index (χ0) is 13.5. The van der Waals surface area contributed by atoms with Crippen LogP contribution in [0.4, 0.5) is 0 Å². The van der Waals surface area contributed by atoms with E-state index < -0.39 is 5.97 Å². The first-order chi connectivity index (χ1) is 7.74. The molecular weight excluding hydrogens is 218 g/mol. The minimum atomic E-state index is -0.765. The van der Waals surface area contributed by atoms with Crippen LogP contribution >= 0.6 is 0 Å². The first kappa shape index (κ1) is 16.4. The second kappa shape index (κ2) is 7.67. The summed E-state index contributed by atoms with van der Waals surface area (Å²) < 4.78 is 5.65. The third-order valence-electron chi connectivity index (χ3n) is 2.68. The molecule has 0 bridgehead atoms. The Morgan fingerprint density at radius 1 is 1.41 bits per heavy atom. The molecule has 0 heterocycles. The third kappa shape index (κ3) is 10.3. The van der Waals surface area contributed by atoms with Crippen LogP contribution in [0.2, 0.25) is 0 Å². The summed E-state index contributed by atoms with van der Waals surface area (Å²) in [5, 5.41) is 8.73. The van der Waals surface area contributed by atoms with Crippen LogP contribution in [-0.2, 0) is 9.53 Å². The van der Waals surface area contributed by atoms with Crippen LogP contribution in [0.15, 0.2) is 0 Å². The quantitative estimate of drug-likeness (QED) is 0.688. The van der Waals surface area contributed by atoms with Crippen LogP contribution in [0.1, 0.15) is 47.0 Å².